The van der Waals surface area contributed by atoms with Crippen LogP contribution in [0.3, 0.4) is 0 Å². The maximum Gasteiger partial charge on any atom is 0.170 e. The van der Waals surface area contributed by atoms with E-state index in [1.54, 1.807) is 23.9 Å². The molecule has 1 aromatic carbocycles. The number of nitrogens with two attached hydrogens (primary N) is 1. The number of benzene rings is 1. The monoisotopic (exact) mass is 282 g/mol. The van der Waals surface area contributed by atoms with Crippen LogP contribution in [-0.2, 0) is 0 Å². The molecule has 1 fully saturated rings. The molecule has 19 heavy (non-hydrogen) atoms. The molecule has 0 heterocycles. The molecule has 2 rings (SSSR count). The van der Waals surface area contributed by atoms with E-state index in [2.05, 4.69) is 12.1 Å². The summed E-state index contributed by atoms with van der Waals surface area (Å²) in [5.41, 5.74) is 5.85. The van der Waals surface area contributed by atoms with Gasteiger partial charge in [0.1, 0.15) is 5.82 Å². The summed E-state index contributed by atoms with van der Waals surface area (Å²) in [6, 6.07) is 4.73. The van der Waals surface area contributed by atoms with Crippen molar-refractivity contribution >= 4 is 17.6 Å². The molecule has 2 unspecified atom stereocenters. The quantitative estimate of drug-likeness (QED) is 0.385. The SMILES string of the molecule is CC1CCCC(Sc2ccc(C(N)=NO)cc2F)C1. The molecule has 0 radical (unpaired) electrons. The van der Waals surface area contributed by atoms with Crippen LogP contribution in [0.2, 0.25) is 0 Å². The number of oxime groups is 1. The standard InChI is InChI=1S/C14H19FN2OS/c1-9-3-2-4-11(7-9)19-13-6-5-10(8-12(13)15)14(16)17-18/h5-6,8-9,11,18H,2-4,7H2,1H3,(H2,16,17). The molecular weight excluding hydrogens is 263 g/mol. The van der Waals surface area contributed by atoms with Crippen molar-refractivity contribution in [2.24, 2.45) is 16.8 Å². The van der Waals surface area contributed by atoms with Gasteiger partial charge in [0.15, 0.2) is 5.84 Å². The van der Waals surface area contributed by atoms with E-state index in [0.717, 1.165) is 18.8 Å². The summed E-state index contributed by atoms with van der Waals surface area (Å²) in [7, 11) is 0. The predicted octanol–water partition coefficient (Wildman–Crippen LogP) is 3.59. The molecule has 5 heteroatoms. The molecule has 0 aliphatic heterocycles. The lowest BCUT2D eigenvalue weighted by Crippen LogP contribution is -2.15. The fourth-order valence-electron chi connectivity index (χ4n) is 2.48. The zero-order valence-electron chi connectivity index (χ0n) is 11.0. The first-order valence-corrected chi connectivity index (χ1v) is 7.42. The normalized spacial score (nSPS) is 24.4. The van der Waals surface area contributed by atoms with Gasteiger partial charge < -0.3 is 10.9 Å². The largest absolute Gasteiger partial charge is 0.409 e. The van der Waals surface area contributed by atoms with E-state index in [1.807, 2.05) is 0 Å². The lowest BCUT2D eigenvalue weighted by atomic mass is 9.91. The van der Waals surface area contributed by atoms with E-state index >= 15 is 0 Å². The van der Waals surface area contributed by atoms with Crippen LogP contribution in [0, 0.1) is 11.7 Å². The Labute approximate surface area is 117 Å². The average Bonchev–Trinajstić information content (AvgIpc) is 2.40. The maximum atomic E-state index is 14.0. The Morgan fingerprint density at radius 1 is 1.47 bits per heavy atom. The molecule has 104 valence electrons. The van der Waals surface area contributed by atoms with E-state index < -0.39 is 0 Å². The zero-order valence-corrected chi connectivity index (χ0v) is 11.8. The van der Waals surface area contributed by atoms with Crippen molar-refractivity contribution in [1.29, 1.82) is 0 Å². The first kappa shape index (κ1) is 14.2. The van der Waals surface area contributed by atoms with Crippen molar-refractivity contribution < 1.29 is 9.60 Å². The number of amidine groups is 1. The van der Waals surface area contributed by atoms with Gasteiger partial charge in [-0.15, -0.1) is 11.8 Å². The number of halogens is 1. The molecule has 0 saturated heterocycles. The summed E-state index contributed by atoms with van der Waals surface area (Å²) >= 11 is 1.60. The van der Waals surface area contributed by atoms with E-state index in [1.165, 1.54) is 18.9 Å². The van der Waals surface area contributed by atoms with Crippen LogP contribution in [0.5, 0.6) is 0 Å². The van der Waals surface area contributed by atoms with Gasteiger partial charge in [-0.25, -0.2) is 4.39 Å². The van der Waals surface area contributed by atoms with Gasteiger partial charge in [-0.05, 0) is 37.0 Å². The van der Waals surface area contributed by atoms with Gasteiger partial charge in [-0.3, -0.25) is 0 Å². The Bertz CT molecular complexity index is 479. The minimum absolute atomic E-state index is 0.0678. The molecule has 1 aromatic rings. The second-order valence-electron chi connectivity index (χ2n) is 5.14. The zero-order chi connectivity index (χ0) is 13.8. The molecule has 0 bridgehead atoms. The van der Waals surface area contributed by atoms with Crippen molar-refractivity contribution in [3.8, 4) is 0 Å². The highest BCUT2D eigenvalue weighted by Gasteiger charge is 2.21. The van der Waals surface area contributed by atoms with Gasteiger partial charge in [-0.2, -0.15) is 0 Å². The van der Waals surface area contributed by atoms with Gasteiger partial charge >= 0.3 is 0 Å². The Kier molecular flexibility index (Phi) is 4.69. The molecular formula is C14H19FN2OS. The van der Waals surface area contributed by atoms with Crippen LogP contribution < -0.4 is 5.73 Å². The fraction of sp³-hybridized carbons (Fsp3) is 0.500. The minimum Gasteiger partial charge on any atom is -0.409 e. The molecule has 1 aliphatic rings. The first-order chi connectivity index (χ1) is 9.10. The maximum absolute atomic E-state index is 14.0. The lowest BCUT2D eigenvalue weighted by molar-refractivity contribution is 0.318. The number of nitrogens with zero attached hydrogens (tertiary/aromatic N) is 1. The highest BCUT2D eigenvalue weighted by atomic mass is 32.2. The summed E-state index contributed by atoms with van der Waals surface area (Å²) in [4.78, 5) is 0.647. The van der Waals surface area contributed by atoms with Gasteiger partial charge in [0, 0.05) is 15.7 Å². The molecule has 2 atom stereocenters. The van der Waals surface area contributed by atoms with Crippen molar-refractivity contribution in [1.82, 2.24) is 0 Å². The van der Waals surface area contributed by atoms with Gasteiger partial charge in [0.25, 0.3) is 0 Å². The summed E-state index contributed by atoms with van der Waals surface area (Å²) in [6.07, 6.45) is 4.80. The van der Waals surface area contributed by atoms with Crippen LogP contribution in [0.1, 0.15) is 38.2 Å². The van der Waals surface area contributed by atoms with Crippen molar-refractivity contribution in [3.05, 3.63) is 29.6 Å². The van der Waals surface area contributed by atoms with Crippen molar-refractivity contribution in [3.63, 3.8) is 0 Å². The molecule has 3 N–H and O–H groups in total. The predicted molar refractivity (Wildman–Crippen MR) is 76.2 cm³/mol. The molecule has 0 spiro atoms. The van der Waals surface area contributed by atoms with Crippen LogP contribution in [-0.4, -0.2) is 16.3 Å². The first-order valence-electron chi connectivity index (χ1n) is 6.54. The highest BCUT2D eigenvalue weighted by molar-refractivity contribution is 8.00. The summed E-state index contributed by atoms with van der Waals surface area (Å²) in [6.45, 7) is 2.25. The third kappa shape index (κ3) is 3.62. The summed E-state index contributed by atoms with van der Waals surface area (Å²) in [5, 5.41) is 11.9. The molecule has 0 aromatic heterocycles. The van der Waals surface area contributed by atoms with Crippen molar-refractivity contribution in [2.45, 2.75) is 42.8 Å². The molecule has 1 aliphatic carbocycles. The molecule has 0 amide bonds. The van der Waals surface area contributed by atoms with E-state index in [0.29, 0.717) is 15.7 Å². The summed E-state index contributed by atoms with van der Waals surface area (Å²) in [5.74, 6) is 0.361. The van der Waals surface area contributed by atoms with Gasteiger partial charge in [0.05, 0.1) is 0 Å². The summed E-state index contributed by atoms with van der Waals surface area (Å²) < 4.78 is 14.0. The second-order valence-corrected chi connectivity index (χ2v) is 6.48. The Hall–Kier alpha value is -1.23. The molecule has 3 nitrogen and oxygen atoms in total. The van der Waals surface area contributed by atoms with Crippen LogP contribution >= 0.6 is 11.8 Å². The fourth-order valence-corrected chi connectivity index (χ4v) is 3.87. The Morgan fingerprint density at radius 3 is 2.89 bits per heavy atom. The second kappa shape index (κ2) is 6.28. The number of thioether (sulfide) groups is 1. The third-order valence-corrected chi connectivity index (χ3v) is 4.86. The van der Waals surface area contributed by atoms with E-state index in [-0.39, 0.29) is 11.7 Å². The lowest BCUT2D eigenvalue weighted by Gasteiger charge is -2.26. The van der Waals surface area contributed by atoms with Crippen LogP contribution in [0.15, 0.2) is 28.3 Å². The minimum atomic E-state index is -0.299. The van der Waals surface area contributed by atoms with Gasteiger partial charge in [-0.1, -0.05) is 24.9 Å². The number of rotatable bonds is 3. The third-order valence-electron chi connectivity index (χ3n) is 3.52. The van der Waals surface area contributed by atoms with Gasteiger partial charge in [0.2, 0.25) is 0 Å². The number of hydrogen-bond donors (Lipinski definition) is 2. The van der Waals surface area contributed by atoms with Crippen LogP contribution in [0.25, 0.3) is 0 Å². The van der Waals surface area contributed by atoms with E-state index in [4.69, 9.17) is 10.9 Å². The topological polar surface area (TPSA) is 58.6 Å². The smallest absolute Gasteiger partial charge is 0.170 e. The van der Waals surface area contributed by atoms with Crippen molar-refractivity contribution in [2.75, 3.05) is 0 Å². The van der Waals surface area contributed by atoms with Crippen LogP contribution in [0.4, 0.5) is 4.39 Å². The van der Waals surface area contributed by atoms with E-state index in [9.17, 15) is 4.39 Å². The highest BCUT2D eigenvalue weighted by Crippen LogP contribution is 2.37. The Balaban J connectivity index is 2.09. The molecule has 1 saturated carbocycles. The number of hydrogen-bond acceptors (Lipinski definition) is 3. The Morgan fingerprint density at radius 2 is 2.26 bits per heavy atom. The average molecular weight is 282 g/mol.